The molecule has 0 radical (unpaired) electrons. The van der Waals surface area contributed by atoms with Crippen LogP contribution in [-0.4, -0.2) is 17.8 Å². The Labute approximate surface area is 71.2 Å². The van der Waals surface area contributed by atoms with Gasteiger partial charge in [-0.15, -0.1) is 0 Å². The van der Waals surface area contributed by atoms with Crippen molar-refractivity contribution in [3.8, 4) is 0 Å². The number of amidine groups is 1. The number of carboxylic acid groups (broad SMARTS) is 1. The van der Waals surface area contributed by atoms with Crippen LogP contribution in [0.25, 0.3) is 0 Å². The molecule has 0 heterocycles. The number of carbonyl (C=O) groups is 1. The number of hydrogen-bond acceptors (Lipinski definition) is 2. The Morgan fingerprint density at radius 1 is 1.58 bits per heavy atom. The summed E-state index contributed by atoms with van der Waals surface area (Å²) in [4.78, 5) is 10.2. The van der Waals surface area contributed by atoms with Gasteiger partial charge < -0.3 is 15.6 Å². The summed E-state index contributed by atoms with van der Waals surface area (Å²) in [6.45, 7) is 0. The summed E-state index contributed by atoms with van der Waals surface area (Å²) in [5.41, 5.74) is 8.64. The maximum atomic E-state index is 10.2. The van der Waals surface area contributed by atoms with E-state index >= 15 is 0 Å². The van der Waals surface area contributed by atoms with Crippen molar-refractivity contribution in [3.63, 3.8) is 0 Å². The number of nitrogens with two attached hydrogens (primary N) is 2. The number of hydrogen-bond donors (Lipinski definition) is 3. The van der Waals surface area contributed by atoms with Gasteiger partial charge in [-0.1, -0.05) is 0 Å². The van der Waals surface area contributed by atoms with Crippen LogP contribution >= 0.6 is 0 Å². The second kappa shape index (κ2) is 5.54. The first-order valence-electron chi connectivity index (χ1n) is 3.94. The Morgan fingerprint density at radius 3 is 2.58 bits per heavy atom. The standard InChI is InChI=1S/C7H15N3O2/c8-5(7(11)12)3-1-2-4-6(9)10/h5H,1-4,8H2,(H3,9,10)(H,11,12)/p+1/t5-/m0/s1. The molecule has 0 amide bonds. The zero-order valence-corrected chi connectivity index (χ0v) is 7.08. The molecule has 0 spiro atoms. The summed E-state index contributed by atoms with van der Waals surface area (Å²) in [6, 6.07) is -0.621. The van der Waals surface area contributed by atoms with Crippen molar-refractivity contribution in [1.29, 1.82) is 0 Å². The molecule has 5 nitrogen and oxygen atoms in total. The van der Waals surface area contributed by atoms with Crippen LogP contribution in [0, 0.1) is 0 Å². The maximum Gasteiger partial charge on any atom is 0.238 e. The Kier molecular flexibility index (Phi) is 5.03. The molecule has 1 atom stereocenters. The van der Waals surface area contributed by atoms with Crippen molar-refractivity contribution in [2.24, 2.45) is 5.73 Å². The van der Waals surface area contributed by atoms with Crippen molar-refractivity contribution in [2.45, 2.75) is 31.7 Å². The molecular formula is C7H16N3O2+. The minimum Gasteiger partial charge on any atom is -0.544 e. The van der Waals surface area contributed by atoms with Crippen LogP contribution in [0.4, 0.5) is 0 Å². The fourth-order valence-electron chi connectivity index (χ4n) is 0.838. The van der Waals surface area contributed by atoms with E-state index in [0.29, 0.717) is 18.7 Å². The molecule has 70 valence electrons. The molecule has 0 rings (SSSR count). The van der Waals surface area contributed by atoms with E-state index in [1.807, 2.05) is 0 Å². The zero-order valence-electron chi connectivity index (χ0n) is 7.08. The summed E-state index contributed by atoms with van der Waals surface area (Å²) in [5, 5.41) is 15.4. The van der Waals surface area contributed by atoms with Gasteiger partial charge in [0.25, 0.3) is 0 Å². The van der Waals surface area contributed by atoms with Gasteiger partial charge in [-0.05, 0) is 12.8 Å². The largest absolute Gasteiger partial charge is 0.544 e. The summed E-state index contributed by atoms with van der Waals surface area (Å²) in [6.07, 6.45) is 2.73. The van der Waals surface area contributed by atoms with E-state index in [0.717, 1.165) is 12.8 Å². The summed E-state index contributed by atoms with van der Waals surface area (Å²) in [5.74, 6) is -0.705. The molecule has 5 heteroatoms. The highest BCUT2D eigenvalue weighted by molar-refractivity contribution is 5.73. The lowest BCUT2D eigenvalue weighted by Gasteiger charge is -2.07. The first-order valence-corrected chi connectivity index (χ1v) is 3.94. The number of carboxylic acids is 1. The lowest BCUT2D eigenvalue weighted by atomic mass is 10.1. The molecule has 0 saturated carbocycles. The second-order valence-electron chi connectivity index (χ2n) is 2.84. The average molecular weight is 174 g/mol. The molecule has 0 bridgehead atoms. The van der Waals surface area contributed by atoms with Gasteiger partial charge >= 0.3 is 0 Å². The van der Waals surface area contributed by atoms with Crippen LogP contribution in [-0.2, 0) is 4.79 Å². The first kappa shape index (κ1) is 10.9. The molecular weight excluding hydrogens is 158 g/mol. The number of unbranched alkanes of at least 4 members (excludes halogenated alkanes) is 1. The van der Waals surface area contributed by atoms with Gasteiger partial charge in [0, 0.05) is 12.8 Å². The van der Waals surface area contributed by atoms with Crippen molar-refractivity contribution in [3.05, 3.63) is 0 Å². The molecule has 12 heavy (non-hydrogen) atoms. The average Bonchev–Trinajstić information content (AvgIpc) is 1.97. The predicted octanol–water partition coefficient (Wildman–Crippen LogP) is -3.98. The van der Waals surface area contributed by atoms with Crippen LogP contribution < -0.4 is 22.0 Å². The SMILES string of the molecule is NC(=[NH2+])CCCC[C@H]([NH3+])C(=O)[O-]. The minimum absolute atomic E-state index is 0.393. The van der Waals surface area contributed by atoms with E-state index < -0.39 is 12.0 Å². The van der Waals surface area contributed by atoms with Crippen molar-refractivity contribution in [1.82, 2.24) is 0 Å². The van der Waals surface area contributed by atoms with E-state index in [1.54, 1.807) is 0 Å². The van der Waals surface area contributed by atoms with Crippen LogP contribution in [0.3, 0.4) is 0 Å². The van der Waals surface area contributed by atoms with Gasteiger partial charge in [0.15, 0.2) is 0 Å². The fraction of sp³-hybridized carbons (Fsp3) is 0.714. The smallest absolute Gasteiger partial charge is 0.238 e. The molecule has 0 aromatic heterocycles. The molecule has 0 aromatic carbocycles. The monoisotopic (exact) mass is 174 g/mol. The van der Waals surface area contributed by atoms with Gasteiger partial charge in [0.05, 0.1) is 5.97 Å². The Bertz CT molecular complexity index is 170. The number of rotatable bonds is 6. The molecule has 0 aliphatic rings. The predicted molar refractivity (Wildman–Crippen MR) is 41.3 cm³/mol. The van der Waals surface area contributed by atoms with Crippen molar-refractivity contribution < 1.29 is 21.0 Å². The quantitative estimate of drug-likeness (QED) is 0.216. The third-order valence-corrected chi connectivity index (χ3v) is 1.60. The molecule has 0 aliphatic heterocycles. The summed E-state index contributed by atoms with van der Waals surface area (Å²) in [7, 11) is 0. The van der Waals surface area contributed by atoms with Crippen molar-refractivity contribution >= 4 is 11.8 Å². The lowest BCUT2D eigenvalue weighted by Crippen LogP contribution is -2.68. The number of quaternary nitrogens is 1. The summed E-state index contributed by atoms with van der Waals surface area (Å²) < 4.78 is 0. The Hall–Kier alpha value is -1.10. The van der Waals surface area contributed by atoms with Crippen LogP contribution in [0.2, 0.25) is 0 Å². The van der Waals surface area contributed by atoms with Crippen LogP contribution in [0.15, 0.2) is 0 Å². The van der Waals surface area contributed by atoms with Gasteiger partial charge in [-0.2, -0.15) is 0 Å². The molecule has 0 saturated heterocycles. The molecule has 0 fully saturated rings. The second-order valence-corrected chi connectivity index (χ2v) is 2.84. The van der Waals surface area contributed by atoms with Gasteiger partial charge in [-0.25, -0.2) is 0 Å². The third kappa shape index (κ3) is 5.67. The van der Waals surface area contributed by atoms with E-state index in [4.69, 9.17) is 11.1 Å². The first-order chi connectivity index (χ1) is 5.54. The zero-order chi connectivity index (χ0) is 9.56. The third-order valence-electron chi connectivity index (χ3n) is 1.60. The van der Waals surface area contributed by atoms with E-state index in [2.05, 4.69) is 5.73 Å². The topological polar surface area (TPSA) is 119 Å². The highest BCUT2D eigenvalue weighted by Gasteiger charge is 2.06. The molecule has 0 aromatic rings. The lowest BCUT2D eigenvalue weighted by molar-refractivity contribution is -0.438. The Morgan fingerprint density at radius 2 is 2.17 bits per heavy atom. The highest BCUT2D eigenvalue weighted by atomic mass is 16.4. The van der Waals surface area contributed by atoms with E-state index in [1.165, 1.54) is 0 Å². The molecule has 0 unspecified atom stereocenters. The van der Waals surface area contributed by atoms with E-state index in [9.17, 15) is 9.90 Å². The normalized spacial score (nSPS) is 12.4. The summed E-state index contributed by atoms with van der Waals surface area (Å²) >= 11 is 0. The number of aliphatic carboxylic acids is 1. The van der Waals surface area contributed by atoms with Gasteiger partial charge in [0.1, 0.15) is 6.04 Å². The highest BCUT2D eigenvalue weighted by Crippen LogP contribution is 1.99. The number of carbonyl (C=O) groups excluding carboxylic acids is 1. The van der Waals surface area contributed by atoms with Gasteiger partial charge in [-0.3, -0.25) is 11.1 Å². The minimum atomic E-state index is -1.10. The maximum absolute atomic E-state index is 10.2. The molecule has 0 aliphatic carbocycles. The van der Waals surface area contributed by atoms with Crippen LogP contribution in [0.5, 0.6) is 0 Å². The van der Waals surface area contributed by atoms with Crippen LogP contribution in [0.1, 0.15) is 25.7 Å². The van der Waals surface area contributed by atoms with Gasteiger partial charge in [0.2, 0.25) is 5.84 Å². The molecule has 7 N–H and O–H groups in total. The van der Waals surface area contributed by atoms with Crippen molar-refractivity contribution in [2.75, 3.05) is 0 Å². The fourth-order valence-corrected chi connectivity index (χ4v) is 0.838. The Balaban J connectivity index is 3.31. The van der Waals surface area contributed by atoms with E-state index in [-0.39, 0.29) is 0 Å².